The highest BCUT2D eigenvalue weighted by Gasteiger charge is 2.73. The lowest BCUT2D eigenvalue weighted by Gasteiger charge is -2.35. The molecule has 0 unspecified atom stereocenters. The molecule has 10 heteroatoms. The first-order valence-electron chi connectivity index (χ1n) is 15.1. The fourth-order valence-electron chi connectivity index (χ4n) is 7.71. The summed E-state index contributed by atoms with van der Waals surface area (Å²) in [6.07, 6.45) is 0. The van der Waals surface area contributed by atoms with Crippen molar-refractivity contribution in [2.45, 2.75) is 38.0 Å². The Labute approximate surface area is 275 Å². The Balaban J connectivity index is 1.32. The highest BCUT2D eigenvalue weighted by molar-refractivity contribution is 6.31. The number of benzene rings is 4. The lowest BCUT2D eigenvalue weighted by Crippen LogP contribution is -2.50. The van der Waals surface area contributed by atoms with Gasteiger partial charge in [-0.15, -0.1) is 0 Å². The van der Waals surface area contributed by atoms with Crippen molar-refractivity contribution in [2.24, 2.45) is 11.8 Å². The third-order valence-electron chi connectivity index (χ3n) is 9.73. The average Bonchev–Trinajstić information content (AvgIpc) is 3.71. The van der Waals surface area contributed by atoms with Gasteiger partial charge in [0.2, 0.25) is 11.8 Å². The van der Waals surface area contributed by atoms with Gasteiger partial charge in [0.25, 0.3) is 11.8 Å². The van der Waals surface area contributed by atoms with Crippen molar-refractivity contribution in [3.63, 3.8) is 0 Å². The van der Waals surface area contributed by atoms with Crippen LogP contribution in [0.3, 0.4) is 0 Å². The maximum absolute atomic E-state index is 14.5. The van der Waals surface area contributed by atoms with Crippen LogP contribution in [-0.2, 0) is 19.2 Å². The number of fused-ring (bicyclic) bond motifs is 5. The van der Waals surface area contributed by atoms with Gasteiger partial charge in [0.05, 0.1) is 35.3 Å². The minimum Gasteiger partial charge on any atom is -0.274 e. The van der Waals surface area contributed by atoms with Gasteiger partial charge in [-0.05, 0) is 73.5 Å². The Morgan fingerprint density at radius 1 is 0.435 bits per heavy atom. The summed E-state index contributed by atoms with van der Waals surface area (Å²) in [4.78, 5) is 60.4. The zero-order valence-electron chi connectivity index (χ0n) is 24.9. The van der Waals surface area contributed by atoms with Crippen LogP contribution in [0.4, 0.5) is 11.4 Å². The van der Waals surface area contributed by atoms with E-state index in [0.717, 1.165) is 22.3 Å². The van der Waals surface area contributed by atoms with E-state index in [-0.39, 0.29) is 11.8 Å². The lowest BCUT2D eigenvalue weighted by molar-refractivity contribution is -0.136. The summed E-state index contributed by atoms with van der Waals surface area (Å²) in [6, 6.07) is 25.6. The van der Waals surface area contributed by atoms with Crippen LogP contribution in [0, 0.1) is 25.7 Å². The summed E-state index contributed by atoms with van der Waals surface area (Å²) in [6.45, 7) is 3.95. The zero-order chi connectivity index (χ0) is 32.0. The summed E-state index contributed by atoms with van der Waals surface area (Å²) in [5, 5.41) is 4.72. The maximum atomic E-state index is 14.5. The molecule has 8 rings (SSSR count). The quantitative estimate of drug-likeness (QED) is 0.250. The molecule has 4 aromatic carbocycles. The van der Waals surface area contributed by atoms with Gasteiger partial charge in [0.15, 0.2) is 0 Å². The molecule has 8 nitrogen and oxygen atoms in total. The first kappa shape index (κ1) is 29.1. The third kappa shape index (κ3) is 4.14. The summed E-state index contributed by atoms with van der Waals surface area (Å²) in [7, 11) is 0. The van der Waals surface area contributed by atoms with Crippen LogP contribution in [0.15, 0.2) is 97.1 Å². The average molecular weight is 652 g/mol. The first-order valence-corrected chi connectivity index (χ1v) is 15.9. The van der Waals surface area contributed by atoms with Crippen LogP contribution < -0.4 is 9.80 Å². The number of hydrogen-bond acceptors (Lipinski definition) is 6. The second kappa shape index (κ2) is 10.6. The molecule has 0 bridgehead atoms. The molecule has 0 N–H and O–H groups in total. The minimum atomic E-state index is -0.934. The fourth-order valence-corrected chi connectivity index (χ4v) is 7.97. The van der Waals surface area contributed by atoms with Gasteiger partial charge in [0, 0.05) is 10.0 Å². The molecule has 4 heterocycles. The number of nitrogens with zero attached hydrogens (tertiary/aromatic N) is 4. The molecule has 46 heavy (non-hydrogen) atoms. The molecule has 0 spiro atoms. The Bertz CT molecular complexity index is 1770. The summed E-state index contributed by atoms with van der Waals surface area (Å²) in [5.41, 5.74) is 4.49. The van der Waals surface area contributed by atoms with Gasteiger partial charge >= 0.3 is 0 Å². The van der Waals surface area contributed by atoms with E-state index in [1.54, 1.807) is 48.5 Å². The third-order valence-corrected chi connectivity index (χ3v) is 10.2. The smallest absolute Gasteiger partial charge is 0.253 e. The van der Waals surface area contributed by atoms with Gasteiger partial charge in [-0.1, -0.05) is 82.9 Å². The minimum absolute atomic E-state index is 0.358. The molecule has 4 amide bonds. The van der Waals surface area contributed by atoms with Gasteiger partial charge in [0.1, 0.15) is 12.1 Å². The Morgan fingerprint density at radius 2 is 0.761 bits per heavy atom. The van der Waals surface area contributed by atoms with Gasteiger partial charge < -0.3 is 0 Å². The van der Waals surface area contributed by atoms with Gasteiger partial charge in [-0.3, -0.25) is 19.2 Å². The molecular formula is C36H28Cl2N4O4. The van der Waals surface area contributed by atoms with Crippen LogP contribution >= 0.6 is 23.2 Å². The molecule has 0 saturated carbocycles. The molecule has 6 atom stereocenters. The van der Waals surface area contributed by atoms with Crippen molar-refractivity contribution in [3.05, 3.63) is 129 Å². The second-order valence-electron chi connectivity index (χ2n) is 12.4. The molecule has 4 aliphatic rings. The molecule has 0 aliphatic carbocycles. The van der Waals surface area contributed by atoms with Crippen molar-refractivity contribution < 1.29 is 19.2 Å². The van der Waals surface area contributed by atoms with Crippen molar-refractivity contribution >= 4 is 58.2 Å². The SMILES string of the molecule is Cc1ccc([C@@H]2[C@@H]3C(=O)N(c4ccc(Cl)cc4)C(=O)[C@@H]3N3[C@H](c4ccc(C)cc4)[C@@H]4C(=O)N(c5ccc(Cl)cc5)C(=O)[C@H]4N23)cc1. The summed E-state index contributed by atoms with van der Waals surface area (Å²) >= 11 is 12.3. The van der Waals surface area contributed by atoms with Crippen molar-refractivity contribution in [2.75, 3.05) is 9.80 Å². The van der Waals surface area contributed by atoms with Crippen molar-refractivity contribution in [1.82, 2.24) is 10.0 Å². The number of rotatable bonds is 4. The van der Waals surface area contributed by atoms with E-state index in [1.807, 2.05) is 72.4 Å². The number of carbonyl (C=O) groups excluding carboxylic acids is 4. The Kier molecular flexibility index (Phi) is 6.71. The summed E-state index contributed by atoms with van der Waals surface area (Å²) in [5.74, 6) is -3.17. The standard InChI is InChI=1S/C36H28Cl2N4O4/c1-19-3-7-21(8-4-19)29-27-31(35(45)39(33(27)43)25-15-11-23(37)12-16-25)42-30(22-9-5-20(2)6-10-22)28-32(41(29)42)36(46)40(34(28)44)26-17-13-24(38)14-18-26/h3-18,27-32H,1-2H3/t27-,28-,29+,30+,31-,32+/m0/s1. The molecular weight excluding hydrogens is 623 g/mol. The number of halogens is 2. The Morgan fingerprint density at radius 3 is 1.09 bits per heavy atom. The predicted octanol–water partition coefficient (Wildman–Crippen LogP) is 6.06. The number of amides is 4. The van der Waals surface area contributed by atoms with E-state index in [1.165, 1.54) is 9.80 Å². The van der Waals surface area contributed by atoms with Crippen molar-refractivity contribution in [3.8, 4) is 0 Å². The van der Waals surface area contributed by atoms with Crippen LogP contribution in [0.1, 0.15) is 34.3 Å². The number of hydrogen-bond donors (Lipinski definition) is 0. The zero-order valence-corrected chi connectivity index (χ0v) is 26.4. The second-order valence-corrected chi connectivity index (χ2v) is 13.3. The normalized spacial score (nSPS) is 27.5. The largest absolute Gasteiger partial charge is 0.274 e. The topological polar surface area (TPSA) is 81.2 Å². The van der Waals surface area contributed by atoms with Crippen molar-refractivity contribution in [1.29, 1.82) is 0 Å². The molecule has 230 valence electrons. The molecule has 4 aromatic rings. The lowest BCUT2D eigenvalue weighted by atomic mass is 9.84. The van der Waals surface area contributed by atoms with E-state index >= 15 is 0 Å². The number of aryl methyl sites for hydroxylation is 2. The summed E-state index contributed by atoms with van der Waals surface area (Å²) < 4.78 is 0. The molecule has 4 saturated heterocycles. The number of hydrazine groups is 1. The number of anilines is 2. The van der Waals surface area contributed by atoms with Gasteiger partial charge in [-0.2, -0.15) is 0 Å². The maximum Gasteiger partial charge on any atom is 0.253 e. The molecule has 4 aliphatic heterocycles. The predicted molar refractivity (Wildman–Crippen MR) is 174 cm³/mol. The molecule has 4 fully saturated rings. The molecule has 0 aromatic heterocycles. The van der Waals surface area contributed by atoms with Crippen LogP contribution in [0.25, 0.3) is 0 Å². The van der Waals surface area contributed by atoms with E-state index in [4.69, 9.17) is 23.2 Å². The van der Waals surface area contributed by atoms with E-state index < -0.39 is 47.8 Å². The Hall–Kier alpha value is -4.34. The van der Waals surface area contributed by atoms with E-state index in [9.17, 15) is 19.2 Å². The van der Waals surface area contributed by atoms with Crippen LogP contribution in [0.5, 0.6) is 0 Å². The molecule has 0 radical (unpaired) electrons. The van der Waals surface area contributed by atoms with Crippen LogP contribution in [-0.4, -0.2) is 45.7 Å². The number of imide groups is 2. The van der Waals surface area contributed by atoms with E-state index in [0.29, 0.717) is 21.4 Å². The van der Waals surface area contributed by atoms with Gasteiger partial charge in [-0.25, -0.2) is 19.8 Å². The highest BCUT2D eigenvalue weighted by Crippen LogP contribution is 2.59. The monoisotopic (exact) mass is 650 g/mol. The first-order chi connectivity index (χ1) is 22.2. The fraction of sp³-hybridized carbons (Fsp3) is 0.222. The number of carbonyl (C=O) groups is 4. The van der Waals surface area contributed by atoms with E-state index in [2.05, 4.69) is 0 Å². The van der Waals surface area contributed by atoms with Crippen LogP contribution in [0.2, 0.25) is 10.0 Å². The highest BCUT2D eigenvalue weighted by atomic mass is 35.5.